The lowest BCUT2D eigenvalue weighted by atomic mass is 10.1. The van der Waals surface area contributed by atoms with Crippen LogP contribution in [0.3, 0.4) is 0 Å². The van der Waals surface area contributed by atoms with Crippen LogP contribution in [0.5, 0.6) is 0 Å². The Labute approximate surface area is 219 Å². The summed E-state index contributed by atoms with van der Waals surface area (Å²) in [6, 6.07) is 26.3. The summed E-state index contributed by atoms with van der Waals surface area (Å²) in [5, 5.41) is 5.27. The minimum absolute atomic E-state index is 0.0359. The third kappa shape index (κ3) is 5.39. The lowest BCUT2D eigenvalue weighted by Gasteiger charge is -2.17. The molecule has 1 aromatic heterocycles. The summed E-state index contributed by atoms with van der Waals surface area (Å²) >= 11 is 1.37. The number of aromatic nitrogens is 2. The number of hydrogen-bond donors (Lipinski definition) is 2. The van der Waals surface area contributed by atoms with Crippen LogP contribution >= 0.6 is 11.8 Å². The molecule has 8 heteroatoms. The van der Waals surface area contributed by atoms with Gasteiger partial charge in [0.1, 0.15) is 10.9 Å². The zero-order chi connectivity index (χ0) is 25.9. The highest BCUT2D eigenvalue weighted by molar-refractivity contribution is 8.00. The maximum absolute atomic E-state index is 13.7. The molecular weight excluding hydrogens is 484 g/mol. The average Bonchev–Trinajstić information content (AvgIpc) is 3.74. The van der Waals surface area contributed by atoms with Crippen LogP contribution in [0.1, 0.15) is 29.3 Å². The number of hydrogen-bond acceptors (Lipinski definition) is 4. The van der Waals surface area contributed by atoms with Crippen molar-refractivity contribution >= 4 is 35.0 Å². The Morgan fingerprint density at radius 1 is 0.919 bits per heavy atom. The van der Waals surface area contributed by atoms with E-state index in [0.717, 1.165) is 29.0 Å². The van der Waals surface area contributed by atoms with E-state index in [2.05, 4.69) is 10.6 Å². The van der Waals surface area contributed by atoms with Gasteiger partial charge >= 0.3 is 0 Å². The first-order valence-electron chi connectivity index (χ1n) is 12.2. The summed E-state index contributed by atoms with van der Waals surface area (Å²) in [6.45, 7) is 1.81. The number of rotatable bonds is 8. The monoisotopic (exact) mass is 512 g/mol. The normalized spacial score (nSPS) is 13.7. The molecule has 1 aliphatic carbocycles. The molecule has 4 aromatic rings. The van der Waals surface area contributed by atoms with Gasteiger partial charge in [-0.15, -0.1) is 11.8 Å². The van der Waals surface area contributed by atoms with Gasteiger partial charge in [-0.25, -0.2) is 4.68 Å². The first-order valence-corrected chi connectivity index (χ1v) is 13.1. The summed E-state index contributed by atoms with van der Waals surface area (Å²) in [4.78, 5) is 40.1. The molecule has 1 unspecified atom stereocenters. The maximum Gasteiger partial charge on any atom is 0.295 e. The fourth-order valence-corrected chi connectivity index (χ4v) is 5.26. The molecule has 1 saturated carbocycles. The van der Waals surface area contributed by atoms with E-state index in [0.29, 0.717) is 11.4 Å². The SMILES string of the molecule is Cc1c(NC(=O)C(Sc2cccc(NC(=O)C3CC3)c2)c2ccccc2)c(=O)n(-c2ccccc2)n1C. The van der Waals surface area contributed by atoms with Gasteiger partial charge in [0.2, 0.25) is 11.8 Å². The summed E-state index contributed by atoms with van der Waals surface area (Å²) < 4.78 is 3.28. The largest absolute Gasteiger partial charge is 0.326 e. The van der Waals surface area contributed by atoms with Crippen LogP contribution in [0, 0.1) is 12.8 Å². The van der Waals surface area contributed by atoms with Crippen molar-refractivity contribution < 1.29 is 9.59 Å². The van der Waals surface area contributed by atoms with Gasteiger partial charge in [0.25, 0.3) is 5.56 Å². The summed E-state index contributed by atoms with van der Waals surface area (Å²) in [7, 11) is 1.80. The third-order valence-electron chi connectivity index (χ3n) is 6.45. The fourth-order valence-electron chi connectivity index (χ4n) is 4.17. The number of nitrogens with one attached hydrogen (secondary N) is 2. The fraction of sp³-hybridized carbons (Fsp3) is 0.207. The Morgan fingerprint density at radius 3 is 2.27 bits per heavy atom. The third-order valence-corrected chi connectivity index (χ3v) is 7.69. The molecule has 37 heavy (non-hydrogen) atoms. The lowest BCUT2D eigenvalue weighted by molar-refractivity contribution is -0.117. The Kier molecular flexibility index (Phi) is 7.01. The van der Waals surface area contributed by atoms with Crippen molar-refractivity contribution in [1.29, 1.82) is 0 Å². The van der Waals surface area contributed by atoms with E-state index in [4.69, 9.17) is 0 Å². The van der Waals surface area contributed by atoms with Gasteiger partial charge < -0.3 is 10.6 Å². The van der Waals surface area contributed by atoms with Gasteiger partial charge in [-0.1, -0.05) is 54.6 Å². The van der Waals surface area contributed by atoms with Crippen molar-refractivity contribution in [3.8, 4) is 5.69 Å². The Morgan fingerprint density at radius 2 is 1.59 bits per heavy atom. The molecule has 7 nitrogen and oxygen atoms in total. The molecule has 1 atom stereocenters. The van der Waals surface area contributed by atoms with Crippen LogP contribution in [0.15, 0.2) is 94.6 Å². The van der Waals surface area contributed by atoms with Crippen molar-refractivity contribution in [2.75, 3.05) is 10.6 Å². The Balaban J connectivity index is 1.43. The second-order valence-electron chi connectivity index (χ2n) is 9.13. The number of carbonyl (C=O) groups is 2. The van der Waals surface area contributed by atoms with E-state index in [1.807, 2.05) is 91.9 Å². The Hall–Kier alpha value is -4.04. The number of amides is 2. The van der Waals surface area contributed by atoms with Crippen molar-refractivity contribution in [2.24, 2.45) is 13.0 Å². The molecular formula is C29H28N4O3S. The quantitative estimate of drug-likeness (QED) is 0.314. The van der Waals surface area contributed by atoms with E-state index in [1.165, 1.54) is 11.8 Å². The van der Waals surface area contributed by atoms with Crippen LogP contribution in [0.2, 0.25) is 0 Å². The van der Waals surface area contributed by atoms with E-state index in [1.54, 1.807) is 16.4 Å². The molecule has 3 aromatic carbocycles. The van der Waals surface area contributed by atoms with Gasteiger partial charge in [-0.05, 0) is 55.7 Å². The van der Waals surface area contributed by atoms with Gasteiger partial charge in [-0.2, -0.15) is 0 Å². The minimum atomic E-state index is -0.611. The maximum atomic E-state index is 13.7. The number of nitrogens with zero attached hydrogens (tertiary/aromatic N) is 2. The predicted octanol–water partition coefficient (Wildman–Crippen LogP) is 5.31. The van der Waals surface area contributed by atoms with Crippen molar-refractivity contribution in [3.63, 3.8) is 0 Å². The van der Waals surface area contributed by atoms with Crippen molar-refractivity contribution in [1.82, 2.24) is 9.36 Å². The predicted molar refractivity (Wildman–Crippen MR) is 147 cm³/mol. The molecule has 5 rings (SSSR count). The highest BCUT2D eigenvalue weighted by Gasteiger charge is 2.30. The van der Waals surface area contributed by atoms with Gasteiger partial charge in [-0.3, -0.25) is 19.1 Å². The van der Waals surface area contributed by atoms with E-state index in [9.17, 15) is 14.4 Å². The minimum Gasteiger partial charge on any atom is -0.326 e. The van der Waals surface area contributed by atoms with Crippen LogP contribution < -0.4 is 16.2 Å². The second-order valence-corrected chi connectivity index (χ2v) is 10.3. The molecule has 2 amide bonds. The molecule has 0 spiro atoms. The average molecular weight is 513 g/mol. The van der Waals surface area contributed by atoms with E-state index in [-0.39, 0.29) is 29.0 Å². The van der Waals surface area contributed by atoms with Crippen molar-refractivity contribution in [3.05, 3.63) is 107 Å². The molecule has 2 N–H and O–H groups in total. The molecule has 188 valence electrons. The van der Waals surface area contributed by atoms with Gasteiger partial charge in [0, 0.05) is 23.5 Å². The van der Waals surface area contributed by atoms with Crippen LogP contribution in [0.4, 0.5) is 11.4 Å². The van der Waals surface area contributed by atoms with Crippen LogP contribution in [0.25, 0.3) is 5.69 Å². The smallest absolute Gasteiger partial charge is 0.295 e. The molecule has 0 bridgehead atoms. The number of benzene rings is 3. The molecule has 0 saturated heterocycles. The highest BCUT2D eigenvalue weighted by atomic mass is 32.2. The molecule has 1 heterocycles. The van der Waals surface area contributed by atoms with Gasteiger partial charge in [0.15, 0.2) is 0 Å². The molecule has 0 aliphatic heterocycles. The summed E-state index contributed by atoms with van der Waals surface area (Å²) in [6.07, 6.45) is 1.86. The highest BCUT2D eigenvalue weighted by Crippen LogP contribution is 2.38. The van der Waals surface area contributed by atoms with Crippen LogP contribution in [-0.2, 0) is 16.6 Å². The number of thioether (sulfide) groups is 1. The second kappa shape index (κ2) is 10.5. The molecule has 1 aliphatic rings. The van der Waals surface area contributed by atoms with Gasteiger partial charge in [0.05, 0.1) is 11.4 Å². The number of carbonyl (C=O) groups excluding carboxylic acids is 2. The number of anilines is 2. The molecule has 1 fully saturated rings. The first-order chi connectivity index (χ1) is 17.9. The molecule has 0 radical (unpaired) electrons. The van der Waals surface area contributed by atoms with E-state index >= 15 is 0 Å². The zero-order valence-corrected chi connectivity index (χ0v) is 21.5. The summed E-state index contributed by atoms with van der Waals surface area (Å²) in [5.74, 6) is -0.156. The lowest BCUT2D eigenvalue weighted by Crippen LogP contribution is -2.25. The standard InChI is InChI=1S/C29H28N4O3S/c1-19-25(29(36)33(32(19)2)23-13-7-4-8-14-23)31-28(35)26(20-10-5-3-6-11-20)37-24-15-9-12-22(18-24)30-27(34)21-16-17-21/h3-15,18,21,26H,16-17H2,1-2H3,(H,30,34)(H,31,35). The first kappa shape index (κ1) is 24.6. The van der Waals surface area contributed by atoms with E-state index < -0.39 is 5.25 Å². The Bertz CT molecular complexity index is 1490. The topological polar surface area (TPSA) is 85.1 Å². The van der Waals surface area contributed by atoms with Crippen LogP contribution in [-0.4, -0.2) is 21.2 Å². The van der Waals surface area contributed by atoms with Crippen molar-refractivity contribution in [2.45, 2.75) is 29.9 Å². The zero-order valence-electron chi connectivity index (χ0n) is 20.7. The number of para-hydroxylation sites is 1. The summed E-state index contributed by atoms with van der Waals surface area (Å²) in [5.41, 5.74) is 2.86.